The molecule has 0 aromatic carbocycles. The van der Waals surface area contributed by atoms with Gasteiger partial charge in [0.1, 0.15) is 0 Å². The molecule has 0 radical (unpaired) electrons. The van der Waals surface area contributed by atoms with Crippen molar-refractivity contribution in [3.63, 3.8) is 0 Å². The molecule has 1 aliphatic carbocycles. The van der Waals surface area contributed by atoms with Crippen molar-refractivity contribution in [2.75, 3.05) is 0 Å². The molecule has 1 saturated carbocycles. The predicted octanol–water partition coefficient (Wildman–Crippen LogP) is 4.11. The summed E-state index contributed by atoms with van der Waals surface area (Å²) in [7, 11) is 0. The van der Waals surface area contributed by atoms with Crippen LogP contribution in [0.25, 0.3) is 0 Å². The van der Waals surface area contributed by atoms with Gasteiger partial charge in [-0.1, -0.05) is 46.5 Å². The highest BCUT2D eigenvalue weighted by Crippen LogP contribution is 2.38. The number of nitrogens with two attached hydrogens (primary N) is 1. The lowest BCUT2D eigenvalue weighted by Crippen LogP contribution is -2.49. The molecule has 3 unspecified atom stereocenters. The SMILES string of the molecule is CCCCCCC1(N)CCC(C)CC1C. The Hall–Kier alpha value is -0.0400. The molecule has 90 valence electrons. The Labute approximate surface area is 95.8 Å². The summed E-state index contributed by atoms with van der Waals surface area (Å²) in [6, 6.07) is 0. The van der Waals surface area contributed by atoms with E-state index < -0.39 is 0 Å². The Kier molecular flexibility index (Phi) is 5.11. The van der Waals surface area contributed by atoms with E-state index in [-0.39, 0.29) is 5.54 Å². The lowest BCUT2D eigenvalue weighted by atomic mass is 9.68. The van der Waals surface area contributed by atoms with Gasteiger partial charge in [0.25, 0.3) is 0 Å². The zero-order chi connectivity index (χ0) is 11.3. The van der Waals surface area contributed by atoms with E-state index in [1.54, 1.807) is 0 Å². The highest BCUT2D eigenvalue weighted by molar-refractivity contribution is 4.93. The fraction of sp³-hybridized carbons (Fsp3) is 1.00. The van der Waals surface area contributed by atoms with Crippen LogP contribution >= 0.6 is 0 Å². The molecule has 0 bridgehead atoms. The first-order valence-electron chi connectivity index (χ1n) is 6.87. The van der Waals surface area contributed by atoms with Crippen molar-refractivity contribution in [3.8, 4) is 0 Å². The largest absolute Gasteiger partial charge is 0.325 e. The van der Waals surface area contributed by atoms with Gasteiger partial charge in [-0.2, -0.15) is 0 Å². The number of hydrogen-bond donors (Lipinski definition) is 1. The van der Waals surface area contributed by atoms with Crippen LogP contribution in [0.3, 0.4) is 0 Å². The molecule has 0 amide bonds. The third-order valence-electron chi connectivity index (χ3n) is 4.34. The summed E-state index contributed by atoms with van der Waals surface area (Å²) in [5.74, 6) is 1.62. The average Bonchev–Trinajstić information content (AvgIpc) is 2.20. The molecular weight excluding hydrogens is 182 g/mol. The van der Waals surface area contributed by atoms with Gasteiger partial charge in [0.05, 0.1) is 0 Å². The normalized spacial score (nSPS) is 36.8. The van der Waals surface area contributed by atoms with E-state index in [0.29, 0.717) is 0 Å². The van der Waals surface area contributed by atoms with Crippen LogP contribution in [0.2, 0.25) is 0 Å². The van der Waals surface area contributed by atoms with E-state index in [9.17, 15) is 0 Å². The average molecular weight is 211 g/mol. The molecule has 0 aromatic rings. The van der Waals surface area contributed by atoms with Gasteiger partial charge in [0.15, 0.2) is 0 Å². The van der Waals surface area contributed by atoms with Crippen molar-refractivity contribution >= 4 is 0 Å². The first-order valence-corrected chi connectivity index (χ1v) is 6.87. The summed E-state index contributed by atoms with van der Waals surface area (Å²) < 4.78 is 0. The molecule has 0 heterocycles. The van der Waals surface area contributed by atoms with Gasteiger partial charge in [0, 0.05) is 5.54 Å². The van der Waals surface area contributed by atoms with Crippen LogP contribution in [0.1, 0.15) is 72.1 Å². The topological polar surface area (TPSA) is 26.0 Å². The van der Waals surface area contributed by atoms with Crippen LogP contribution in [0.5, 0.6) is 0 Å². The molecule has 1 heteroatoms. The molecule has 3 atom stereocenters. The second kappa shape index (κ2) is 5.89. The molecule has 0 spiro atoms. The predicted molar refractivity (Wildman–Crippen MR) is 67.9 cm³/mol. The summed E-state index contributed by atoms with van der Waals surface area (Å²) in [6.45, 7) is 6.99. The van der Waals surface area contributed by atoms with Crippen molar-refractivity contribution in [1.29, 1.82) is 0 Å². The van der Waals surface area contributed by atoms with E-state index in [1.165, 1.54) is 51.4 Å². The molecule has 1 nitrogen and oxygen atoms in total. The molecule has 1 rings (SSSR count). The van der Waals surface area contributed by atoms with Gasteiger partial charge >= 0.3 is 0 Å². The fourth-order valence-electron chi connectivity index (χ4n) is 2.97. The third kappa shape index (κ3) is 3.79. The van der Waals surface area contributed by atoms with Gasteiger partial charge < -0.3 is 5.73 Å². The van der Waals surface area contributed by atoms with E-state index in [1.807, 2.05) is 0 Å². The van der Waals surface area contributed by atoms with Crippen molar-refractivity contribution in [2.45, 2.75) is 77.7 Å². The Bertz CT molecular complexity index is 178. The standard InChI is InChI=1S/C14H29N/c1-4-5-6-7-9-14(15)10-8-12(2)11-13(14)3/h12-13H,4-11,15H2,1-3H3. The van der Waals surface area contributed by atoms with Crippen LogP contribution in [0.4, 0.5) is 0 Å². The number of rotatable bonds is 5. The van der Waals surface area contributed by atoms with Gasteiger partial charge in [-0.25, -0.2) is 0 Å². The second-order valence-electron chi connectivity index (χ2n) is 5.82. The monoisotopic (exact) mass is 211 g/mol. The summed E-state index contributed by atoms with van der Waals surface area (Å²) >= 11 is 0. The molecule has 1 aliphatic rings. The maximum absolute atomic E-state index is 6.55. The zero-order valence-corrected chi connectivity index (χ0v) is 10.9. The molecule has 2 N–H and O–H groups in total. The first kappa shape index (κ1) is 13.0. The molecule has 15 heavy (non-hydrogen) atoms. The molecule has 0 aromatic heterocycles. The van der Waals surface area contributed by atoms with Crippen molar-refractivity contribution in [1.82, 2.24) is 0 Å². The van der Waals surface area contributed by atoms with Gasteiger partial charge in [0.2, 0.25) is 0 Å². The Balaban J connectivity index is 2.30. The Morgan fingerprint density at radius 3 is 2.53 bits per heavy atom. The van der Waals surface area contributed by atoms with Crippen LogP contribution in [-0.2, 0) is 0 Å². The Morgan fingerprint density at radius 2 is 1.93 bits per heavy atom. The van der Waals surface area contributed by atoms with Crippen LogP contribution in [0, 0.1) is 11.8 Å². The zero-order valence-electron chi connectivity index (χ0n) is 10.9. The van der Waals surface area contributed by atoms with Gasteiger partial charge in [-0.15, -0.1) is 0 Å². The van der Waals surface area contributed by atoms with Gasteiger partial charge in [-0.3, -0.25) is 0 Å². The molecule has 0 saturated heterocycles. The highest BCUT2D eigenvalue weighted by Gasteiger charge is 2.35. The first-order chi connectivity index (χ1) is 7.08. The maximum Gasteiger partial charge on any atom is 0.0180 e. The smallest absolute Gasteiger partial charge is 0.0180 e. The molecule has 1 fully saturated rings. The third-order valence-corrected chi connectivity index (χ3v) is 4.34. The van der Waals surface area contributed by atoms with E-state index in [4.69, 9.17) is 5.73 Å². The van der Waals surface area contributed by atoms with E-state index in [2.05, 4.69) is 20.8 Å². The quantitative estimate of drug-likeness (QED) is 0.680. The molecular formula is C14H29N. The minimum atomic E-state index is 0.167. The summed E-state index contributed by atoms with van der Waals surface area (Å²) in [5, 5.41) is 0. The van der Waals surface area contributed by atoms with Crippen LogP contribution < -0.4 is 5.73 Å². The highest BCUT2D eigenvalue weighted by atomic mass is 14.8. The lowest BCUT2D eigenvalue weighted by Gasteiger charge is -2.42. The van der Waals surface area contributed by atoms with Crippen LogP contribution in [-0.4, -0.2) is 5.54 Å². The minimum Gasteiger partial charge on any atom is -0.325 e. The number of hydrogen-bond acceptors (Lipinski definition) is 1. The summed E-state index contributed by atoms with van der Waals surface area (Å²) in [4.78, 5) is 0. The van der Waals surface area contributed by atoms with Crippen molar-refractivity contribution < 1.29 is 0 Å². The van der Waals surface area contributed by atoms with Gasteiger partial charge in [-0.05, 0) is 37.5 Å². The van der Waals surface area contributed by atoms with Crippen molar-refractivity contribution in [2.24, 2.45) is 17.6 Å². The molecule has 0 aliphatic heterocycles. The van der Waals surface area contributed by atoms with Crippen molar-refractivity contribution in [3.05, 3.63) is 0 Å². The van der Waals surface area contributed by atoms with Crippen LogP contribution in [0.15, 0.2) is 0 Å². The Morgan fingerprint density at radius 1 is 1.20 bits per heavy atom. The summed E-state index contributed by atoms with van der Waals surface area (Å²) in [5.41, 5.74) is 6.71. The second-order valence-corrected chi connectivity index (χ2v) is 5.82. The maximum atomic E-state index is 6.55. The number of unbranched alkanes of at least 4 members (excludes halogenated alkanes) is 3. The van der Waals surface area contributed by atoms with E-state index >= 15 is 0 Å². The summed E-state index contributed by atoms with van der Waals surface area (Å²) in [6.07, 6.45) is 10.6. The lowest BCUT2D eigenvalue weighted by molar-refractivity contribution is 0.150. The minimum absolute atomic E-state index is 0.167. The fourth-order valence-corrected chi connectivity index (χ4v) is 2.97. The van der Waals surface area contributed by atoms with E-state index in [0.717, 1.165) is 11.8 Å².